The maximum absolute atomic E-state index is 11.8. The van der Waals surface area contributed by atoms with Crippen molar-refractivity contribution in [1.29, 1.82) is 0 Å². The van der Waals surface area contributed by atoms with Gasteiger partial charge in [0.2, 0.25) is 5.91 Å². The van der Waals surface area contributed by atoms with Gasteiger partial charge in [0.05, 0.1) is 0 Å². The molecule has 0 saturated heterocycles. The van der Waals surface area contributed by atoms with E-state index < -0.39 is 0 Å². The third kappa shape index (κ3) is 6.32. The summed E-state index contributed by atoms with van der Waals surface area (Å²) in [4.78, 5) is 25.4. The number of carbonyl (C=O) groups excluding carboxylic acids is 2. The van der Waals surface area contributed by atoms with E-state index in [9.17, 15) is 9.59 Å². The predicted molar refractivity (Wildman–Crippen MR) is 96.1 cm³/mol. The van der Waals surface area contributed by atoms with Crippen molar-refractivity contribution in [1.82, 2.24) is 4.90 Å². The van der Waals surface area contributed by atoms with Crippen molar-refractivity contribution < 1.29 is 9.59 Å². The molecule has 0 aliphatic heterocycles. The Kier molecular flexibility index (Phi) is 8.90. The second-order valence-electron chi connectivity index (χ2n) is 6.76. The van der Waals surface area contributed by atoms with Gasteiger partial charge in [-0.25, -0.2) is 0 Å². The van der Waals surface area contributed by atoms with Crippen LogP contribution in [0.3, 0.4) is 0 Å². The minimum absolute atomic E-state index is 0.0448. The smallest absolute Gasteiger partial charge is 0.245 e. The Morgan fingerprint density at radius 2 is 1.70 bits per heavy atom. The van der Waals surface area contributed by atoms with Gasteiger partial charge in [-0.05, 0) is 63.0 Å². The predicted octanol–water partition coefficient (Wildman–Crippen LogP) is 4.39. The van der Waals surface area contributed by atoms with Crippen molar-refractivity contribution in [2.75, 3.05) is 13.1 Å². The zero-order valence-corrected chi connectivity index (χ0v) is 14.9. The van der Waals surface area contributed by atoms with Crippen LogP contribution in [-0.2, 0) is 9.59 Å². The fourth-order valence-electron chi connectivity index (χ4n) is 3.67. The summed E-state index contributed by atoms with van der Waals surface area (Å²) in [6.07, 6.45) is 10.8. The number of likely N-dealkylation sites (N-methyl/N-ethyl adjacent to an activating group) is 1. The lowest BCUT2D eigenvalue weighted by Gasteiger charge is -2.32. The van der Waals surface area contributed by atoms with Crippen molar-refractivity contribution >= 4 is 11.7 Å². The summed E-state index contributed by atoms with van der Waals surface area (Å²) >= 11 is 0. The average molecular weight is 319 g/mol. The maximum atomic E-state index is 11.8. The summed E-state index contributed by atoms with van der Waals surface area (Å²) in [5, 5.41) is 0. The number of hydrogen-bond donors (Lipinski definition) is 0. The first kappa shape index (κ1) is 19.7. The van der Waals surface area contributed by atoms with E-state index in [-0.39, 0.29) is 17.6 Å². The number of hydrogen-bond acceptors (Lipinski definition) is 2. The summed E-state index contributed by atoms with van der Waals surface area (Å²) in [6, 6.07) is 0. The normalized spacial score (nSPS) is 22.2. The van der Waals surface area contributed by atoms with Crippen molar-refractivity contribution in [3.63, 3.8) is 0 Å². The minimum Gasteiger partial charge on any atom is -0.339 e. The molecule has 0 heterocycles. The number of amides is 1. The summed E-state index contributed by atoms with van der Waals surface area (Å²) in [5.74, 6) is 1.76. The zero-order valence-electron chi connectivity index (χ0n) is 14.9. The SMILES string of the molecule is C=CC(=O)C(CC)CCC1CCC(CN(CC)C(=O)C=C)CC1. The molecule has 1 aliphatic rings. The molecule has 0 spiro atoms. The molecule has 0 aromatic carbocycles. The fourth-order valence-corrected chi connectivity index (χ4v) is 3.67. The minimum atomic E-state index is 0.0448. The van der Waals surface area contributed by atoms with Crippen molar-refractivity contribution in [3.05, 3.63) is 25.3 Å². The third-order valence-electron chi connectivity index (χ3n) is 5.33. The van der Waals surface area contributed by atoms with Gasteiger partial charge >= 0.3 is 0 Å². The molecule has 1 unspecified atom stereocenters. The van der Waals surface area contributed by atoms with Gasteiger partial charge in [0.15, 0.2) is 5.78 Å². The highest BCUT2D eigenvalue weighted by Gasteiger charge is 2.24. The van der Waals surface area contributed by atoms with Crippen LogP contribution in [0.2, 0.25) is 0 Å². The number of rotatable bonds is 10. The van der Waals surface area contributed by atoms with Gasteiger partial charge in [0, 0.05) is 19.0 Å². The monoisotopic (exact) mass is 319 g/mol. The first-order valence-corrected chi connectivity index (χ1v) is 9.13. The lowest BCUT2D eigenvalue weighted by atomic mass is 9.78. The molecule has 130 valence electrons. The van der Waals surface area contributed by atoms with Crippen LogP contribution in [0.1, 0.15) is 58.8 Å². The van der Waals surface area contributed by atoms with Gasteiger partial charge in [0.1, 0.15) is 0 Å². The molecule has 0 bridgehead atoms. The molecule has 1 fully saturated rings. The Balaban J connectivity index is 2.35. The van der Waals surface area contributed by atoms with E-state index in [2.05, 4.69) is 20.1 Å². The maximum Gasteiger partial charge on any atom is 0.245 e. The molecular formula is C20H33NO2. The topological polar surface area (TPSA) is 37.4 Å². The Hall–Kier alpha value is -1.38. The molecule has 23 heavy (non-hydrogen) atoms. The van der Waals surface area contributed by atoms with Crippen LogP contribution in [0, 0.1) is 17.8 Å². The largest absolute Gasteiger partial charge is 0.339 e. The van der Waals surface area contributed by atoms with E-state index in [4.69, 9.17) is 0 Å². The Morgan fingerprint density at radius 3 is 2.17 bits per heavy atom. The zero-order chi connectivity index (χ0) is 17.2. The van der Waals surface area contributed by atoms with Gasteiger partial charge < -0.3 is 4.90 Å². The highest BCUT2D eigenvalue weighted by atomic mass is 16.2. The molecule has 1 aliphatic carbocycles. The third-order valence-corrected chi connectivity index (χ3v) is 5.33. The standard InChI is InChI=1S/C20H33NO2/c1-5-18(19(22)6-2)14-13-16-9-11-17(12-10-16)15-21(8-4)20(23)7-3/h6-7,16-18H,2-3,5,8-15H2,1,4H3. The van der Waals surface area contributed by atoms with Crippen LogP contribution in [0.25, 0.3) is 0 Å². The lowest BCUT2D eigenvalue weighted by Crippen LogP contribution is -2.35. The van der Waals surface area contributed by atoms with Crippen molar-refractivity contribution in [2.45, 2.75) is 58.8 Å². The summed E-state index contributed by atoms with van der Waals surface area (Å²) < 4.78 is 0. The average Bonchev–Trinajstić information content (AvgIpc) is 2.60. The molecule has 3 nitrogen and oxygen atoms in total. The lowest BCUT2D eigenvalue weighted by molar-refractivity contribution is -0.126. The number of ketones is 1. The van der Waals surface area contributed by atoms with Crippen LogP contribution in [0.4, 0.5) is 0 Å². The van der Waals surface area contributed by atoms with Crippen molar-refractivity contribution in [3.8, 4) is 0 Å². The molecule has 0 radical (unpaired) electrons. The second kappa shape index (κ2) is 10.4. The van der Waals surface area contributed by atoms with E-state index in [1.165, 1.54) is 37.8 Å². The second-order valence-corrected chi connectivity index (χ2v) is 6.76. The summed E-state index contributed by atoms with van der Waals surface area (Å²) in [5.41, 5.74) is 0. The molecular weight excluding hydrogens is 286 g/mol. The van der Waals surface area contributed by atoms with Crippen molar-refractivity contribution in [2.24, 2.45) is 17.8 Å². The first-order chi connectivity index (χ1) is 11.0. The Labute approximate surface area is 141 Å². The molecule has 1 atom stereocenters. The molecule has 0 aromatic rings. The molecule has 0 N–H and O–H groups in total. The highest BCUT2D eigenvalue weighted by Crippen LogP contribution is 2.33. The van der Waals surface area contributed by atoms with Crippen LogP contribution in [0.15, 0.2) is 25.3 Å². The number of nitrogens with zero attached hydrogens (tertiary/aromatic N) is 1. The fraction of sp³-hybridized carbons (Fsp3) is 0.700. The van der Waals surface area contributed by atoms with Gasteiger partial charge in [-0.3, -0.25) is 9.59 Å². The molecule has 1 rings (SSSR count). The molecule has 3 heteroatoms. The van der Waals surface area contributed by atoms with Crippen LogP contribution in [0.5, 0.6) is 0 Å². The summed E-state index contributed by atoms with van der Waals surface area (Å²) in [6.45, 7) is 12.9. The molecule has 1 saturated carbocycles. The van der Waals surface area contributed by atoms with Gasteiger partial charge in [-0.15, -0.1) is 0 Å². The highest BCUT2D eigenvalue weighted by molar-refractivity contribution is 5.91. The van der Waals surface area contributed by atoms with Gasteiger partial charge in [0.25, 0.3) is 0 Å². The van der Waals surface area contributed by atoms with E-state index in [0.717, 1.165) is 38.3 Å². The van der Waals surface area contributed by atoms with Crippen LogP contribution >= 0.6 is 0 Å². The van der Waals surface area contributed by atoms with E-state index >= 15 is 0 Å². The van der Waals surface area contributed by atoms with E-state index in [1.54, 1.807) is 0 Å². The molecule has 1 amide bonds. The summed E-state index contributed by atoms with van der Waals surface area (Å²) in [7, 11) is 0. The first-order valence-electron chi connectivity index (χ1n) is 9.13. The van der Waals surface area contributed by atoms with E-state index in [0.29, 0.717) is 5.92 Å². The number of allylic oxidation sites excluding steroid dienone is 1. The number of carbonyl (C=O) groups is 2. The Morgan fingerprint density at radius 1 is 1.09 bits per heavy atom. The van der Waals surface area contributed by atoms with E-state index in [1.807, 2.05) is 11.8 Å². The quantitative estimate of drug-likeness (QED) is 0.560. The van der Waals surface area contributed by atoms with Crippen LogP contribution in [-0.4, -0.2) is 29.7 Å². The van der Waals surface area contributed by atoms with Gasteiger partial charge in [-0.2, -0.15) is 0 Å². The molecule has 0 aromatic heterocycles. The van der Waals surface area contributed by atoms with Crippen LogP contribution < -0.4 is 0 Å². The Bertz CT molecular complexity index is 408. The van der Waals surface area contributed by atoms with Gasteiger partial charge in [-0.1, -0.05) is 32.9 Å².